The normalized spacial score (nSPS) is 13.6. The summed E-state index contributed by atoms with van der Waals surface area (Å²) < 4.78 is 1.98. The van der Waals surface area contributed by atoms with Gasteiger partial charge in [-0.3, -0.25) is 9.59 Å². The largest absolute Gasteiger partial charge is 0.349 e. The van der Waals surface area contributed by atoms with Crippen molar-refractivity contribution in [1.82, 2.24) is 14.9 Å². The van der Waals surface area contributed by atoms with Crippen LogP contribution in [0.5, 0.6) is 0 Å². The van der Waals surface area contributed by atoms with Crippen LogP contribution in [0.4, 0.5) is 5.69 Å². The molecular weight excluding hydrogens is 328 g/mol. The fourth-order valence-electron chi connectivity index (χ4n) is 2.94. The van der Waals surface area contributed by atoms with Crippen molar-refractivity contribution in [1.29, 1.82) is 0 Å². The van der Waals surface area contributed by atoms with Gasteiger partial charge in [-0.1, -0.05) is 12.1 Å². The number of rotatable bonds is 4. The van der Waals surface area contributed by atoms with Crippen LogP contribution in [0.25, 0.3) is 11.0 Å². The Hall–Kier alpha value is -3.15. The molecular formula is C20H20N4O2. The minimum absolute atomic E-state index is 0.154. The van der Waals surface area contributed by atoms with Crippen LogP contribution >= 0.6 is 0 Å². The van der Waals surface area contributed by atoms with E-state index in [1.54, 1.807) is 36.4 Å². The number of anilines is 1. The zero-order valence-electron chi connectivity index (χ0n) is 14.7. The Balaban J connectivity index is 1.59. The summed E-state index contributed by atoms with van der Waals surface area (Å²) in [6, 6.07) is 12.7. The van der Waals surface area contributed by atoms with Gasteiger partial charge in [0, 0.05) is 18.7 Å². The molecule has 1 aliphatic rings. The molecule has 0 spiro atoms. The quantitative estimate of drug-likeness (QED) is 0.761. The van der Waals surface area contributed by atoms with E-state index in [0.29, 0.717) is 16.8 Å². The molecule has 1 aliphatic carbocycles. The molecule has 1 aromatic heterocycles. The number of fused-ring (bicyclic) bond motifs is 1. The zero-order chi connectivity index (χ0) is 18.3. The van der Waals surface area contributed by atoms with E-state index in [0.717, 1.165) is 29.7 Å². The highest BCUT2D eigenvalue weighted by atomic mass is 16.2. The van der Waals surface area contributed by atoms with Crippen molar-refractivity contribution in [2.24, 2.45) is 7.05 Å². The van der Waals surface area contributed by atoms with Gasteiger partial charge in [0.2, 0.25) is 0 Å². The van der Waals surface area contributed by atoms with Gasteiger partial charge in [0.25, 0.3) is 11.8 Å². The molecule has 0 aliphatic heterocycles. The smallest absolute Gasteiger partial charge is 0.255 e. The number of benzene rings is 2. The maximum absolute atomic E-state index is 12.7. The summed E-state index contributed by atoms with van der Waals surface area (Å²) in [4.78, 5) is 29.5. The van der Waals surface area contributed by atoms with Gasteiger partial charge in [0.1, 0.15) is 5.82 Å². The van der Waals surface area contributed by atoms with E-state index in [2.05, 4.69) is 15.6 Å². The minimum Gasteiger partial charge on any atom is -0.349 e. The summed E-state index contributed by atoms with van der Waals surface area (Å²) in [5.41, 5.74) is 3.24. The zero-order valence-corrected chi connectivity index (χ0v) is 14.7. The van der Waals surface area contributed by atoms with Gasteiger partial charge >= 0.3 is 0 Å². The lowest BCUT2D eigenvalue weighted by molar-refractivity contribution is 0.0952. The highest BCUT2D eigenvalue weighted by molar-refractivity contribution is 6.10. The van der Waals surface area contributed by atoms with E-state index in [1.807, 2.05) is 24.6 Å². The summed E-state index contributed by atoms with van der Waals surface area (Å²) >= 11 is 0. The number of amides is 2. The van der Waals surface area contributed by atoms with Crippen molar-refractivity contribution >= 4 is 28.5 Å². The number of nitrogens with zero attached hydrogens (tertiary/aromatic N) is 2. The Bertz CT molecular complexity index is 1020. The first-order valence-electron chi connectivity index (χ1n) is 8.67. The van der Waals surface area contributed by atoms with Gasteiger partial charge in [0.15, 0.2) is 0 Å². The third-order valence-corrected chi connectivity index (χ3v) is 4.70. The van der Waals surface area contributed by atoms with Crippen LogP contribution in [-0.4, -0.2) is 27.4 Å². The number of nitrogens with one attached hydrogen (secondary N) is 2. The molecule has 0 saturated heterocycles. The number of carbonyl (C=O) groups is 2. The summed E-state index contributed by atoms with van der Waals surface area (Å²) in [7, 11) is 1.94. The molecule has 0 atom stereocenters. The van der Waals surface area contributed by atoms with E-state index < -0.39 is 0 Å². The van der Waals surface area contributed by atoms with Crippen LogP contribution < -0.4 is 10.6 Å². The predicted molar refractivity (Wildman–Crippen MR) is 100 cm³/mol. The lowest BCUT2D eigenvalue weighted by Gasteiger charge is -2.11. The second-order valence-electron chi connectivity index (χ2n) is 6.67. The molecule has 2 N–H and O–H groups in total. The number of hydrogen-bond acceptors (Lipinski definition) is 3. The average Bonchev–Trinajstić information content (AvgIpc) is 3.40. The van der Waals surface area contributed by atoms with E-state index in [4.69, 9.17) is 0 Å². The van der Waals surface area contributed by atoms with Crippen molar-refractivity contribution in [3.05, 3.63) is 59.4 Å². The Morgan fingerprint density at radius 3 is 2.65 bits per heavy atom. The molecule has 0 radical (unpaired) electrons. The van der Waals surface area contributed by atoms with Crippen LogP contribution in [0.15, 0.2) is 42.5 Å². The van der Waals surface area contributed by atoms with Crippen LogP contribution in [0.2, 0.25) is 0 Å². The molecule has 1 fully saturated rings. The second-order valence-corrected chi connectivity index (χ2v) is 6.67. The highest BCUT2D eigenvalue weighted by Gasteiger charge is 2.25. The van der Waals surface area contributed by atoms with Gasteiger partial charge < -0.3 is 15.2 Å². The van der Waals surface area contributed by atoms with Gasteiger partial charge in [-0.05, 0) is 50.1 Å². The molecule has 132 valence electrons. The maximum Gasteiger partial charge on any atom is 0.255 e. The number of aryl methyl sites for hydroxylation is 2. The molecule has 3 aromatic rings. The van der Waals surface area contributed by atoms with Crippen LogP contribution in [0, 0.1) is 6.92 Å². The molecule has 26 heavy (non-hydrogen) atoms. The van der Waals surface area contributed by atoms with Crippen molar-refractivity contribution in [3.8, 4) is 0 Å². The maximum atomic E-state index is 12.7. The van der Waals surface area contributed by atoms with E-state index in [-0.39, 0.29) is 17.9 Å². The summed E-state index contributed by atoms with van der Waals surface area (Å²) in [6.07, 6.45) is 2.04. The predicted octanol–water partition coefficient (Wildman–Crippen LogP) is 3.03. The van der Waals surface area contributed by atoms with Crippen LogP contribution in [-0.2, 0) is 7.05 Å². The first-order chi connectivity index (χ1) is 12.5. The minimum atomic E-state index is -0.262. The lowest BCUT2D eigenvalue weighted by atomic mass is 10.1. The number of imidazole rings is 1. The second kappa shape index (κ2) is 6.29. The standard InChI is InChI=1S/C20H20N4O2/c1-12-21-17-11-13(7-10-18(17)24(12)2)19(25)23-16-6-4-3-5-15(16)20(26)22-14-8-9-14/h3-7,10-11,14H,8-9H2,1-2H3,(H,22,26)(H,23,25). The Morgan fingerprint density at radius 1 is 1.12 bits per heavy atom. The fourth-order valence-corrected chi connectivity index (χ4v) is 2.94. The first kappa shape index (κ1) is 16.3. The van der Waals surface area contributed by atoms with Gasteiger partial charge in [-0.15, -0.1) is 0 Å². The highest BCUT2D eigenvalue weighted by Crippen LogP contribution is 2.22. The van der Waals surface area contributed by atoms with Crippen molar-refractivity contribution in [3.63, 3.8) is 0 Å². The summed E-state index contributed by atoms with van der Waals surface area (Å²) in [6.45, 7) is 1.93. The fraction of sp³-hybridized carbons (Fsp3) is 0.250. The Morgan fingerprint density at radius 2 is 1.88 bits per heavy atom. The molecule has 1 saturated carbocycles. The number of carbonyl (C=O) groups excluding carboxylic acids is 2. The molecule has 0 unspecified atom stereocenters. The van der Waals surface area contributed by atoms with E-state index in [9.17, 15) is 9.59 Å². The first-order valence-corrected chi connectivity index (χ1v) is 8.67. The van der Waals surface area contributed by atoms with Crippen molar-refractivity contribution < 1.29 is 9.59 Å². The monoisotopic (exact) mass is 348 g/mol. The summed E-state index contributed by atoms with van der Waals surface area (Å²) in [5.74, 6) is 0.473. The number of para-hydroxylation sites is 1. The Kier molecular flexibility index (Phi) is 3.95. The lowest BCUT2D eigenvalue weighted by Crippen LogP contribution is -2.27. The summed E-state index contributed by atoms with van der Waals surface area (Å²) in [5, 5.41) is 5.81. The number of hydrogen-bond donors (Lipinski definition) is 2. The van der Waals surface area contributed by atoms with Crippen molar-refractivity contribution in [2.75, 3.05) is 5.32 Å². The third-order valence-electron chi connectivity index (χ3n) is 4.70. The van der Waals surface area contributed by atoms with Gasteiger partial charge in [-0.2, -0.15) is 0 Å². The molecule has 6 nitrogen and oxygen atoms in total. The molecule has 0 bridgehead atoms. The SMILES string of the molecule is Cc1nc2cc(C(=O)Nc3ccccc3C(=O)NC3CC3)ccc2n1C. The average molecular weight is 348 g/mol. The molecule has 4 rings (SSSR count). The van der Waals surface area contributed by atoms with Crippen molar-refractivity contribution in [2.45, 2.75) is 25.8 Å². The van der Waals surface area contributed by atoms with E-state index in [1.165, 1.54) is 0 Å². The number of aromatic nitrogens is 2. The van der Waals surface area contributed by atoms with Crippen LogP contribution in [0.3, 0.4) is 0 Å². The Labute approximate surface area is 151 Å². The van der Waals surface area contributed by atoms with Crippen LogP contribution in [0.1, 0.15) is 39.4 Å². The van der Waals surface area contributed by atoms with Gasteiger partial charge in [-0.25, -0.2) is 4.98 Å². The van der Waals surface area contributed by atoms with Gasteiger partial charge in [0.05, 0.1) is 22.3 Å². The third kappa shape index (κ3) is 3.06. The molecule has 2 aromatic carbocycles. The molecule has 6 heteroatoms. The topological polar surface area (TPSA) is 76.0 Å². The van der Waals surface area contributed by atoms with E-state index >= 15 is 0 Å². The molecule has 2 amide bonds. The molecule has 1 heterocycles.